The van der Waals surface area contributed by atoms with E-state index >= 15 is 0 Å². The van der Waals surface area contributed by atoms with Crippen molar-refractivity contribution in [3.05, 3.63) is 30.5 Å². The SMILES string of the molecule is COc1cc(NC(C)CCCNCCO[C@H]2CC[C@H]3[C@@H]4CC[C@H]5C[C@@H](O)CC[C@]5(C)[C@H]4CC[C@]23C)c2ncccc2c1. The number of hydrogen-bond donors (Lipinski definition) is 3. The summed E-state index contributed by atoms with van der Waals surface area (Å²) in [5, 5.41) is 18.7. The number of fused-ring (bicyclic) bond motifs is 6. The number of methoxy groups -OCH3 is 1. The van der Waals surface area contributed by atoms with Gasteiger partial charge in [0.15, 0.2) is 0 Å². The third-order valence-corrected chi connectivity index (χ3v) is 12.5. The molecule has 4 aliphatic rings. The van der Waals surface area contributed by atoms with Gasteiger partial charge in [0.05, 0.1) is 37.1 Å². The van der Waals surface area contributed by atoms with Gasteiger partial charge in [0.1, 0.15) is 5.75 Å². The quantitative estimate of drug-likeness (QED) is 0.245. The van der Waals surface area contributed by atoms with Crippen LogP contribution in [0.15, 0.2) is 30.5 Å². The van der Waals surface area contributed by atoms with Gasteiger partial charge in [-0.1, -0.05) is 19.9 Å². The number of aliphatic hydroxyl groups is 1. The summed E-state index contributed by atoms with van der Waals surface area (Å²) in [5.74, 6) is 4.15. The molecule has 2 aromatic rings. The van der Waals surface area contributed by atoms with Crippen LogP contribution in [0.2, 0.25) is 0 Å². The van der Waals surface area contributed by atoms with Crippen molar-refractivity contribution >= 4 is 16.6 Å². The lowest BCUT2D eigenvalue weighted by molar-refractivity contribution is -0.140. The van der Waals surface area contributed by atoms with Crippen LogP contribution in [0.1, 0.15) is 91.4 Å². The molecule has 9 atom stereocenters. The van der Waals surface area contributed by atoms with E-state index in [0.29, 0.717) is 23.0 Å². The molecule has 4 aliphatic carbocycles. The van der Waals surface area contributed by atoms with Gasteiger partial charge >= 0.3 is 0 Å². The first kappa shape index (κ1) is 30.1. The van der Waals surface area contributed by atoms with E-state index in [-0.39, 0.29) is 6.10 Å². The number of aliphatic hydroxyl groups excluding tert-OH is 1. The summed E-state index contributed by atoms with van der Waals surface area (Å²) in [6.45, 7) is 10.1. The van der Waals surface area contributed by atoms with Crippen molar-refractivity contribution in [3.63, 3.8) is 0 Å². The smallest absolute Gasteiger partial charge is 0.121 e. The number of nitrogens with zero attached hydrogens (tertiary/aromatic N) is 1. The molecule has 42 heavy (non-hydrogen) atoms. The van der Waals surface area contributed by atoms with Gasteiger partial charge in [0, 0.05) is 30.2 Å². The Bertz CT molecular complexity index is 1210. The number of hydrogen-bond acceptors (Lipinski definition) is 6. The van der Waals surface area contributed by atoms with Gasteiger partial charge in [-0.05, 0) is 131 Å². The molecule has 0 radical (unpaired) electrons. The second kappa shape index (κ2) is 12.6. The van der Waals surface area contributed by atoms with Crippen LogP contribution in [0, 0.1) is 34.5 Å². The normalized spacial score (nSPS) is 36.6. The molecule has 1 aromatic heterocycles. The van der Waals surface area contributed by atoms with Crippen molar-refractivity contribution in [2.24, 2.45) is 34.5 Å². The van der Waals surface area contributed by atoms with Crippen LogP contribution in [0.5, 0.6) is 5.75 Å². The maximum absolute atomic E-state index is 10.3. The molecule has 0 aliphatic heterocycles. The van der Waals surface area contributed by atoms with E-state index < -0.39 is 0 Å². The highest BCUT2D eigenvalue weighted by atomic mass is 16.5. The molecule has 1 aromatic carbocycles. The number of ether oxygens (including phenoxy) is 2. The first-order valence-corrected chi connectivity index (χ1v) is 17.0. The minimum Gasteiger partial charge on any atom is -0.497 e. The first-order chi connectivity index (χ1) is 20.3. The van der Waals surface area contributed by atoms with Crippen LogP contribution in [0.3, 0.4) is 0 Å². The Labute approximate surface area is 253 Å². The molecule has 6 heteroatoms. The number of anilines is 1. The van der Waals surface area contributed by atoms with E-state index in [1.165, 1.54) is 44.9 Å². The highest BCUT2D eigenvalue weighted by Crippen LogP contribution is 2.66. The van der Waals surface area contributed by atoms with Crippen LogP contribution in [0.4, 0.5) is 5.69 Å². The monoisotopic (exact) mass is 577 g/mol. The fourth-order valence-corrected chi connectivity index (χ4v) is 10.1. The van der Waals surface area contributed by atoms with Crippen LogP contribution in [0.25, 0.3) is 10.9 Å². The fraction of sp³-hybridized carbons (Fsp3) is 0.750. The van der Waals surface area contributed by atoms with Crippen LogP contribution in [-0.4, -0.2) is 55.1 Å². The highest BCUT2D eigenvalue weighted by molar-refractivity contribution is 5.91. The molecule has 232 valence electrons. The average molecular weight is 578 g/mol. The summed E-state index contributed by atoms with van der Waals surface area (Å²) in [6.07, 6.45) is 15.7. The number of aromatic nitrogens is 1. The minimum absolute atomic E-state index is 0.0522. The maximum Gasteiger partial charge on any atom is 0.121 e. The Balaban J connectivity index is 0.922. The molecule has 4 fully saturated rings. The van der Waals surface area contributed by atoms with Gasteiger partial charge in [0.2, 0.25) is 0 Å². The molecule has 4 saturated carbocycles. The number of nitrogens with one attached hydrogen (secondary N) is 2. The Hall–Kier alpha value is -1.89. The molecule has 0 spiro atoms. The number of benzene rings is 1. The van der Waals surface area contributed by atoms with E-state index in [0.717, 1.165) is 91.4 Å². The molecule has 1 unspecified atom stereocenters. The second-order valence-electron chi connectivity index (χ2n) is 14.8. The Kier molecular flexibility index (Phi) is 9.05. The highest BCUT2D eigenvalue weighted by Gasteiger charge is 2.60. The Morgan fingerprint density at radius 1 is 1.02 bits per heavy atom. The second-order valence-corrected chi connectivity index (χ2v) is 14.8. The van der Waals surface area contributed by atoms with E-state index in [9.17, 15) is 5.11 Å². The van der Waals surface area contributed by atoms with Crippen molar-refractivity contribution in [1.82, 2.24) is 10.3 Å². The van der Waals surface area contributed by atoms with E-state index in [1.54, 1.807) is 7.11 Å². The standard InChI is InChI=1S/C36H55N3O3/c1-24(39-32-23-28(41-4)21-25-8-6-18-38-34(25)32)7-5-17-37-19-20-42-33-12-11-30-29-10-9-26-22-27(40)13-15-35(26,2)31(29)14-16-36(30,33)3/h6,8,18,21,23-24,26-27,29-31,33,37,39-40H,5,7,9-17,19-20,22H2,1-4H3/t24?,26-,27-,29-,30-,31-,33-,35-,36-/m0/s1. The van der Waals surface area contributed by atoms with Gasteiger partial charge in [-0.25, -0.2) is 0 Å². The van der Waals surface area contributed by atoms with Gasteiger partial charge in [-0.15, -0.1) is 0 Å². The van der Waals surface area contributed by atoms with Gasteiger partial charge in [0.25, 0.3) is 0 Å². The van der Waals surface area contributed by atoms with E-state index in [1.807, 2.05) is 18.3 Å². The van der Waals surface area contributed by atoms with Crippen LogP contribution < -0.4 is 15.4 Å². The topological polar surface area (TPSA) is 75.6 Å². The average Bonchev–Trinajstić information content (AvgIpc) is 3.33. The van der Waals surface area contributed by atoms with Gasteiger partial charge in [-0.2, -0.15) is 0 Å². The summed E-state index contributed by atoms with van der Waals surface area (Å²) in [4.78, 5) is 4.59. The lowest BCUT2D eigenvalue weighted by Gasteiger charge is -2.60. The van der Waals surface area contributed by atoms with E-state index in [2.05, 4.69) is 48.5 Å². The van der Waals surface area contributed by atoms with E-state index in [4.69, 9.17) is 9.47 Å². The van der Waals surface area contributed by atoms with Crippen LogP contribution >= 0.6 is 0 Å². The Morgan fingerprint density at radius 2 is 1.86 bits per heavy atom. The fourth-order valence-electron chi connectivity index (χ4n) is 10.1. The van der Waals surface area contributed by atoms with Crippen molar-refractivity contribution in [2.45, 2.75) is 110 Å². The summed E-state index contributed by atoms with van der Waals surface area (Å²) in [6, 6.07) is 8.49. The largest absolute Gasteiger partial charge is 0.497 e. The van der Waals surface area contributed by atoms with Crippen LogP contribution in [-0.2, 0) is 4.74 Å². The summed E-state index contributed by atoms with van der Waals surface area (Å²) < 4.78 is 12.1. The molecule has 6 rings (SSSR count). The predicted octanol–water partition coefficient (Wildman–Crippen LogP) is 7.20. The third-order valence-electron chi connectivity index (χ3n) is 12.5. The zero-order valence-corrected chi connectivity index (χ0v) is 26.5. The lowest BCUT2D eigenvalue weighted by atomic mass is 9.45. The zero-order valence-electron chi connectivity index (χ0n) is 26.5. The maximum atomic E-state index is 10.3. The number of rotatable bonds is 11. The molecular weight excluding hydrogens is 522 g/mol. The van der Waals surface area contributed by atoms with Gasteiger partial charge in [-0.3, -0.25) is 4.98 Å². The molecule has 0 bridgehead atoms. The Morgan fingerprint density at radius 3 is 2.71 bits per heavy atom. The molecule has 0 amide bonds. The number of pyridine rings is 1. The van der Waals surface area contributed by atoms with Crippen molar-refractivity contribution < 1.29 is 14.6 Å². The molecular formula is C36H55N3O3. The molecule has 6 nitrogen and oxygen atoms in total. The van der Waals surface area contributed by atoms with Gasteiger partial charge < -0.3 is 25.2 Å². The molecule has 1 heterocycles. The minimum atomic E-state index is -0.0522. The van der Waals surface area contributed by atoms with Crippen molar-refractivity contribution in [3.8, 4) is 5.75 Å². The predicted molar refractivity (Wildman–Crippen MR) is 171 cm³/mol. The zero-order chi connectivity index (χ0) is 29.3. The summed E-state index contributed by atoms with van der Waals surface area (Å²) in [5.41, 5.74) is 2.83. The molecule has 3 N–H and O–H groups in total. The third kappa shape index (κ3) is 5.80. The lowest BCUT2D eigenvalue weighted by Crippen LogP contribution is -2.54. The van der Waals surface area contributed by atoms with Crippen molar-refractivity contribution in [2.75, 3.05) is 32.1 Å². The van der Waals surface area contributed by atoms with Crippen molar-refractivity contribution in [1.29, 1.82) is 0 Å². The first-order valence-electron chi connectivity index (χ1n) is 17.0. The molecule has 0 saturated heterocycles. The summed E-state index contributed by atoms with van der Waals surface area (Å²) in [7, 11) is 1.71. The summed E-state index contributed by atoms with van der Waals surface area (Å²) >= 11 is 0.